The maximum Gasteiger partial charge on any atom is 0.225 e. The van der Waals surface area contributed by atoms with Crippen LogP contribution in [0, 0.1) is 0 Å². The molecule has 1 amide bonds. The van der Waals surface area contributed by atoms with Crippen LogP contribution in [0.3, 0.4) is 0 Å². The first-order valence-corrected chi connectivity index (χ1v) is 8.02. The number of carbonyl (C=O) groups excluding carboxylic acids is 1. The Kier molecular flexibility index (Phi) is 5.79. The third-order valence-electron chi connectivity index (χ3n) is 2.71. The molecule has 0 saturated carbocycles. The van der Waals surface area contributed by atoms with E-state index in [-0.39, 0.29) is 5.91 Å². The van der Waals surface area contributed by atoms with Crippen LogP contribution in [0.4, 0.5) is 11.4 Å². The smallest absolute Gasteiger partial charge is 0.225 e. The molecule has 0 aliphatic carbocycles. The SMILES string of the molecule is Nc1ccc(SCCC(=O)Nc2c(Cl)cccc2Cl)cc1. The molecule has 0 saturated heterocycles. The van der Waals surface area contributed by atoms with Crippen molar-refractivity contribution in [1.82, 2.24) is 0 Å². The average Bonchev–Trinajstić information content (AvgIpc) is 2.45. The summed E-state index contributed by atoms with van der Waals surface area (Å²) >= 11 is 13.6. The molecule has 0 radical (unpaired) electrons. The Bertz CT molecular complexity index is 612. The largest absolute Gasteiger partial charge is 0.399 e. The average molecular weight is 341 g/mol. The summed E-state index contributed by atoms with van der Waals surface area (Å²) in [6.45, 7) is 0. The maximum atomic E-state index is 11.9. The molecule has 3 nitrogen and oxygen atoms in total. The van der Waals surface area contributed by atoms with E-state index in [2.05, 4.69) is 5.32 Å². The van der Waals surface area contributed by atoms with Gasteiger partial charge < -0.3 is 11.1 Å². The Morgan fingerprint density at radius 3 is 2.33 bits per heavy atom. The highest BCUT2D eigenvalue weighted by Crippen LogP contribution is 2.30. The summed E-state index contributed by atoms with van der Waals surface area (Å²) in [4.78, 5) is 13.0. The zero-order valence-electron chi connectivity index (χ0n) is 11.1. The second-order valence-electron chi connectivity index (χ2n) is 4.31. The lowest BCUT2D eigenvalue weighted by molar-refractivity contribution is -0.115. The van der Waals surface area contributed by atoms with Gasteiger partial charge in [0.15, 0.2) is 0 Å². The summed E-state index contributed by atoms with van der Waals surface area (Å²) in [5.41, 5.74) is 6.81. The lowest BCUT2D eigenvalue weighted by Gasteiger charge is -2.09. The molecule has 3 N–H and O–H groups in total. The Labute approximate surface area is 137 Å². The van der Waals surface area contributed by atoms with Crippen LogP contribution in [0.5, 0.6) is 0 Å². The molecule has 0 aliphatic rings. The molecular formula is C15H14Cl2N2OS. The molecule has 0 fully saturated rings. The first-order valence-electron chi connectivity index (χ1n) is 6.28. The van der Waals surface area contributed by atoms with Crippen molar-refractivity contribution >= 4 is 52.2 Å². The van der Waals surface area contributed by atoms with Crippen LogP contribution in [0.2, 0.25) is 10.0 Å². The number of nitrogens with one attached hydrogen (secondary N) is 1. The molecule has 0 aromatic heterocycles. The normalized spacial score (nSPS) is 10.4. The molecule has 110 valence electrons. The maximum absolute atomic E-state index is 11.9. The molecular weight excluding hydrogens is 327 g/mol. The van der Waals surface area contributed by atoms with Gasteiger partial charge in [0, 0.05) is 22.8 Å². The number of para-hydroxylation sites is 1. The van der Waals surface area contributed by atoms with Crippen LogP contribution in [0.25, 0.3) is 0 Å². The van der Waals surface area contributed by atoms with Crippen LogP contribution < -0.4 is 11.1 Å². The number of nitrogen functional groups attached to an aromatic ring is 1. The number of rotatable bonds is 5. The standard InChI is InChI=1S/C15H14Cl2N2OS/c16-12-2-1-3-13(17)15(12)19-14(20)8-9-21-11-6-4-10(18)5-7-11/h1-7H,8-9,18H2,(H,19,20). The molecule has 0 atom stereocenters. The minimum absolute atomic E-state index is 0.118. The van der Waals surface area contributed by atoms with Crippen molar-refractivity contribution in [3.05, 3.63) is 52.5 Å². The predicted octanol–water partition coefficient (Wildman–Crippen LogP) is 4.70. The van der Waals surface area contributed by atoms with E-state index in [9.17, 15) is 4.79 Å². The molecule has 0 spiro atoms. The van der Waals surface area contributed by atoms with Gasteiger partial charge in [0.05, 0.1) is 15.7 Å². The highest BCUT2D eigenvalue weighted by atomic mass is 35.5. The third-order valence-corrected chi connectivity index (χ3v) is 4.35. The second-order valence-corrected chi connectivity index (χ2v) is 6.30. The summed E-state index contributed by atoms with van der Waals surface area (Å²) in [6.07, 6.45) is 0.372. The third kappa shape index (κ3) is 4.84. The van der Waals surface area contributed by atoms with Gasteiger partial charge >= 0.3 is 0 Å². The fourth-order valence-corrected chi connectivity index (χ4v) is 2.99. The number of thioether (sulfide) groups is 1. The molecule has 2 aromatic rings. The summed E-state index contributed by atoms with van der Waals surface area (Å²) in [6, 6.07) is 12.7. The zero-order chi connectivity index (χ0) is 15.2. The van der Waals surface area contributed by atoms with Crippen molar-refractivity contribution < 1.29 is 4.79 Å². The van der Waals surface area contributed by atoms with Gasteiger partial charge in [-0.05, 0) is 36.4 Å². The summed E-state index contributed by atoms with van der Waals surface area (Å²) in [5.74, 6) is 0.547. The van der Waals surface area contributed by atoms with Crippen LogP contribution in [-0.2, 0) is 4.79 Å². The Balaban J connectivity index is 1.84. The minimum atomic E-state index is -0.118. The predicted molar refractivity (Wildman–Crippen MR) is 91.3 cm³/mol. The van der Waals surface area contributed by atoms with Crippen molar-refractivity contribution in [1.29, 1.82) is 0 Å². The van der Waals surface area contributed by atoms with Crippen LogP contribution in [0.1, 0.15) is 6.42 Å². The van der Waals surface area contributed by atoms with E-state index in [0.717, 1.165) is 10.6 Å². The lowest BCUT2D eigenvalue weighted by atomic mass is 10.3. The van der Waals surface area contributed by atoms with Gasteiger partial charge in [-0.25, -0.2) is 0 Å². The number of anilines is 2. The van der Waals surface area contributed by atoms with E-state index in [1.807, 2.05) is 24.3 Å². The van der Waals surface area contributed by atoms with Crippen molar-refractivity contribution in [3.63, 3.8) is 0 Å². The van der Waals surface area contributed by atoms with Gasteiger partial charge in [-0.15, -0.1) is 11.8 Å². The molecule has 21 heavy (non-hydrogen) atoms. The monoisotopic (exact) mass is 340 g/mol. The molecule has 2 rings (SSSR count). The van der Waals surface area contributed by atoms with Crippen molar-refractivity contribution in [3.8, 4) is 0 Å². The van der Waals surface area contributed by atoms with Gasteiger partial charge in [-0.1, -0.05) is 29.3 Å². The van der Waals surface area contributed by atoms with Crippen molar-refractivity contribution in [2.45, 2.75) is 11.3 Å². The highest BCUT2D eigenvalue weighted by molar-refractivity contribution is 7.99. The van der Waals surface area contributed by atoms with Crippen molar-refractivity contribution in [2.75, 3.05) is 16.8 Å². The number of carbonyl (C=O) groups is 1. The van der Waals surface area contributed by atoms with Crippen molar-refractivity contribution in [2.24, 2.45) is 0 Å². The lowest BCUT2D eigenvalue weighted by Crippen LogP contribution is -2.12. The molecule has 0 heterocycles. The fourth-order valence-electron chi connectivity index (χ4n) is 1.64. The topological polar surface area (TPSA) is 55.1 Å². The van der Waals surface area contributed by atoms with Gasteiger partial charge in [0.2, 0.25) is 5.91 Å². The van der Waals surface area contributed by atoms with Gasteiger partial charge in [0.1, 0.15) is 0 Å². The number of halogens is 2. The Morgan fingerprint density at radius 1 is 1.10 bits per heavy atom. The van der Waals surface area contributed by atoms with Gasteiger partial charge in [-0.3, -0.25) is 4.79 Å². The first-order chi connectivity index (χ1) is 10.1. The first kappa shape index (κ1) is 16.0. The van der Waals surface area contributed by atoms with Gasteiger partial charge in [0.25, 0.3) is 0 Å². The molecule has 6 heteroatoms. The van der Waals surface area contributed by atoms with E-state index in [4.69, 9.17) is 28.9 Å². The number of nitrogens with two attached hydrogens (primary N) is 1. The number of benzene rings is 2. The summed E-state index contributed by atoms with van der Waals surface area (Å²) in [5, 5.41) is 3.60. The minimum Gasteiger partial charge on any atom is -0.399 e. The highest BCUT2D eigenvalue weighted by Gasteiger charge is 2.09. The second kappa shape index (κ2) is 7.59. The molecule has 0 bridgehead atoms. The quantitative estimate of drug-likeness (QED) is 0.612. The summed E-state index contributed by atoms with van der Waals surface area (Å²) in [7, 11) is 0. The molecule has 0 unspecified atom stereocenters. The number of amides is 1. The van der Waals surface area contributed by atoms with E-state index in [0.29, 0.717) is 27.9 Å². The van der Waals surface area contributed by atoms with Gasteiger partial charge in [-0.2, -0.15) is 0 Å². The fraction of sp³-hybridized carbons (Fsp3) is 0.133. The van der Waals surface area contributed by atoms with Crippen LogP contribution >= 0.6 is 35.0 Å². The summed E-state index contributed by atoms with van der Waals surface area (Å²) < 4.78 is 0. The Hall–Kier alpha value is -1.36. The van der Waals surface area contributed by atoms with E-state index < -0.39 is 0 Å². The van der Waals surface area contributed by atoms with E-state index in [1.54, 1.807) is 30.0 Å². The van der Waals surface area contributed by atoms with Crippen LogP contribution in [-0.4, -0.2) is 11.7 Å². The van der Waals surface area contributed by atoms with E-state index in [1.165, 1.54) is 0 Å². The zero-order valence-corrected chi connectivity index (χ0v) is 13.4. The number of hydrogen-bond acceptors (Lipinski definition) is 3. The van der Waals surface area contributed by atoms with Crippen LogP contribution in [0.15, 0.2) is 47.4 Å². The molecule has 2 aromatic carbocycles. The molecule has 0 aliphatic heterocycles. The Morgan fingerprint density at radius 2 is 1.71 bits per heavy atom. The van der Waals surface area contributed by atoms with E-state index >= 15 is 0 Å². The number of hydrogen-bond donors (Lipinski definition) is 2.